The highest BCUT2D eigenvalue weighted by atomic mass is 31.2. The molecule has 0 radical (unpaired) electrons. The van der Waals surface area contributed by atoms with E-state index in [-0.39, 0.29) is 32.0 Å². The molecule has 0 heterocycles. The minimum Gasteiger partial charge on any atom is -0.462 e. The molecule has 9 nitrogen and oxygen atoms in total. The Labute approximate surface area is 357 Å². The Morgan fingerprint density at radius 2 is 0.948 bits per heavy atom. The van der Waals surface area contributed by atoms with E-state index in [1.165, 1.54) is 128 Å². The van der Waals surface area contributed by atoms with Crippen LogP contribution in [0.25, 0.3) is 0 Å². The van der Waals surface area contributed by atoms with Crippen molar-refractivity contribution in [2.45, 2.75) is 213 Å². The maximum atomic E-state index is 12.7. The number of carbonyl (C=O) groups excluding carboxylic acids is 2. The lowest BCUT2D eigenvalue weighted by atomic mass is 10.0. The molecule has 1 unspecified atom stereocenters. The quantitative estimate of drug-likeness (QED) is 0.0213. The summed E-state index contributed by atoms with van der Waals surface area (Å²) in [5, 5.41) is 0. The summed E-state index contributed by atoms with van der Waals surface area (Å²) in [6, 6.07) is 0. The Balaban J connectivity index is 4.38. The lowest BCUT2D eigenvalue weighted by Crippen LogP contribution is -2.37. The van der Waals surface area contributed by atoms with E-state index < -0.39 is 26.5 Å². The molecule has 0 amide bonds. The highest BCUT2D eigenvalue weighted by Crippen LogP contribution is 2.43. The van der Waals surface area contributed by atoms with Crippen LogP contribution in [0.4, 0.5) is 0 Å². The minimum absolute atomic E-state index is 0.0236. The van der Waals surface area contributed by atoms with Gasteiger partial charge in [0.1, 0.15) is 19.8 Å². The third kappa shape index (κ3) is 43.8. The van der Waals surface area contributed by atoms with Gasteiger partial charge in [-0.15, -0.1) is 0 Å². The summed E-state index contributed by atoms with van der Waals surface area (Å²) in [4.78, 5) is 35.4. The first-order valence-corrected chi connectivity index (χ1v) is 25.2. The maximum Gasteiger partial charge on any atom is 0.472 e. The molecule has 340 valence electrons. The number of unbranched alkanes of at least 4 members (excludes halogenated alkanes) is 23. The molecular weight excluding hydrogens is 750 g/mol. The van der Waals surface area contributed by atoms with Gasteiger partial charge in [0.2, 0.25) is 0 Å². The van der Waals surface area contributed by atoms with Crippen molar-refractivity contribution in [3.63, 3.8) is 0 Å². The number of esters is 2. The van der Waals surface area contributed by atoms with Gasteiger partial charge in [0.25, 0.3) is 0 Å². The van der Waals surface area contributed by atoms with Crippen LogP contribution in [0.2, 0.25) is 0 Å². The molecule has 0 rings (SSSR count). The Morgan fingerprint density at radius 1 is 0.534 bits per heavy atom. The van der Waals surface area contributed by atoms with Crippen LogP contribution >= 0.6 is 7.82 Å². The molecule has 10 heteroatoms. The number of quaternary nitrogens is 1. The topological polar surface area (TPSA) is 108 Å². The molecule has 0 aliphatic carbocycles. The molecule has 0 aliphatic heterocycles. The molecule has 1 N–H and O–H groups in total. The van der Waals surface area contributed by atoms with Crippen molar-refractivity contribution in [1.82, 2.24) is 0 Å². The number of carbonyl (C=O) groups is 2. The van der Waals surface area contributed by atoms with Crippen LogP contribution in [0.5, 0.6) is 0 Å². The van der Waals surface area contributed by atoms with Gasteiger partial charge in [-0.1, -0.05) is 185 Å². The van der Waals surface area contributed by atoms with Crippen molar-refractivity contribution < 1.29 is 42.1 Å². The molecule has 58 heavy (non-hydrogen) atoms. The standard InChI is InChI=1S/C48H90NO8P/c1-6-8-10-12-14-16-18-20-22-24-26-28-30-32-34-36-38-40-47(50)54-44-46(45-56-58(52,53)55-43-42-49(3,4)5)57-48(51)41-39-37-35-33-31-29-27-25-23-21-19-17-15-13-11-9-7-2/h21,23,27,29,33,35,46H,6-20,22,24-26,28,30-32,34,36-45H2,1-5H3/p+1/b23-21-,29-27-,35-33-/t46-/m1/s1. The molecule has 2 atom stereocenters. The van der Waals surface area contributed by atoms with Gasteiger partial charge in [-0.3, -0.25) is 18.6 Å². The second kappa shape index (κ2) is 40.6. The number of nitrogens with zero attached hydrogens (tertiary/aromatic N) is 1. The van der Waals surface area contributed by atoms with Crippen molar-refractivity contribution in [2.24, 2.45) is 0 Å². The van der Waals surface area contributed by atoms with E-state index in [2.05, 4.69) is 50.3 Å². The van der Waals surface area contributed by atoms with Gasteiger partial charge in [0, 0.05) is 12.8 Å². The summed E-state index contributed by atoms with van der Waals surface area (Å²) in [5.41, 5.74) is 0. The number of ether oxygens (including phenoxy) is 2. The largest absolute Gasteiger partial charge is 0.472 e. The Hall–Kier alpha value is -1.77. The second-order valence-corrected chi connectivity index (χ2v) is 18.6. The molecule has 0 aromatic heterocycles. The van der Waals surface area contributed by atoms with E-state index in [0.29, 0.717) is 17.4 Å². The van der Waals surface area contributed by atoms with Crippen LogP contribution in [0.3, 0.4) is 0 Å². The Morgan fingerprint density at radius 3 is 1.43 bits per heavy atom. The maximum absolute atomic E-state index is 12.7. The third-order valence-corrected chi connectivity index (χ3v) is 11.2. The highest BCUT2D eigenvalue weighted by Gasteiger charge is 2.27. The van der Waals surface area contributed by atoms with Gasteiger partial charge >= 0.3 is 19.8 Å². The van der Waals surface area contributed by atoms with Gasteiger partial charge < -0.3 is 18.9 Å². The Bertz CT molecular complexity index is 1090. The fourth-order valence-corrected chi connectivity index (χ4v) is 7.18. The molecular formula is C48H91NO8P+. The summed E-state index contributed by atoms with van der Waals surface area (Å²) in [6.07, 6.45) is 46.3. The molecule has 0 aromatic rings. The third-order valence-electron chi connectivity index (χ3n) is 10.2. The van der Waals surface area contributed by atoms with E-state index in [1.54, 1.807) is 0 Å². The monoisotopic (exact) mass is 841 g/mol. The van der Waals surface area contributed by atoms with Crippen molar-refractivity contribution in [1.29, 1.82) is 0 Å². The van der Waals surface area contributed by atoms with Gasteiger partial charge in [0.15, 0.2) is 6.10 Å². The number of phosphoric ester groups is 1. The first kappa shape index (κ1) is 56.2. The molecule has 0 spiro atoms. The van der Waals surface area contributed by atoms with E-state index in [9.17, 15) is 19.0 Å². The number of likely N-dealkylation sites (N-methyl/N-ethyl adjacent to an activating group) is 1. The highest BCUT2D eigenvalue weighted by molar-refractivity contribution is 7.47. The predicted molar refractivity (Wildman–Crippen MR) is 243 cm³/mol. The summed E-state index contributed by atoms with van der Waals surface area (Å²) in [6.45, 7) is 4.38. The Kier molecular flexibility index (Phi) is 39.4. The number of rotatable bonds is 43. The van der Waals surface area contributed by atoms with Crippen LogP contribution in [0, 0.1) is 0 Å². The molecule has 0 bridgehead atoms. The van der Waals surface area contributed by atoms with E-state index >= 15 is 0 Å². The number of hydrogen-bond acceptors (Lipinski definition) is 7. The number of hydrogen-bond donors (Lipinski definition) is 1. The van der Waals surface area contributed by atoms with E-state index in [1.807, 2.05) is 21.1 Å². The normalized spacial score (nSPS) is 13.8. The first-order valence-electron chi connectivity index (χ1n) is 23.7. The average molecular weight is 841 g/mol. The molecule has 0 saturated heterocycles. The van der Waals surface area contributed by atoms with Gasteiger partial charge in [-0.2, -0.15) is 0 Å². The van der Waals surface area contributed by atoms with Crippen LogP contribution < -0.4 is 0 Å². The zero-order valence-electron chi connectivity index (χ0n) is 38.3. The lowest BCUT2D eigenvalue weighted by Gasteiger charge is -2.24. The summed E-state index contributed by atoms with van der Waals surface area (Å²) in [7, 11) is 1.45. The van der Waals surface area contributed by atoms with Crippen molar-refractivity contribution in [3.8, 4) is 0 Å². The first-order chi connectivity index (χ1) is 28.0. The van der Waals surface area contributed by atoms with Crippen LogP contribution in [0.1, 0.15) is 206 Å². The molecule has 0 saturated carbocycles. The smallest absolute Gasteiger partial charge is 0.462 e. The van der Waals surface area contributed by atoms with Crippen molar-refractivity contribution >= 4 is 19.8 Å². The van der Waals surface area contributed by atoms with E-state index in [4.69, 9.17) is 18.5 Å². The number of allylic oxidation sites excluding steroid dienone is 6. The van der Waals surface area contributed by atoms with Crippen LogP contribution in [-0.4, -0.2) is 74.9 Å². The lowest BCUT2D eigenvalue weighted by molar-refractivity contribution is -0.870. The van der Waals surface area contributed by atoms with Gasteiger partial charge in [-0.25, -0.2) is 4.57 Å². The van der Waals surface area contributed by atoms with Gasteiger partial charge in [0.05, 0.1) is 27.7 Å². The van der Waals surface area contributed by atoms with Crippen molar-refractivity contribution in [3.05, 3.63) is 36.5 Å². The molecule has 0 aliphatic rings. The summed E-state index contributed by atoms with van der Waals surface area (Å²) >= 11 is 0. The number of phosphoric acid groups is 1. The fraction of sp³-hybridized carbons (Fsp3) is 0.833. The van der Waals surface area contributed by atoms with Gasteiger partial charge in [-0.05, 0) is 44.9 Å². The zero-order valence-corrected chi connectivity index (χ0v) is 39.2. The van der Waals surface area contributed by atoms with Crippen LogP contribution in [-0.2, 0) is 32.7 Å². The average Bonchev–Trinajstić information content (AvgIpc) is 3.17. The summed E-state index contributed by atoms with van der Waals surface area (Å²) in [5.74, 6) is -0.852. The minimum atomic E-state index is -4.39. The fourth-order valence-electron chi connectivity index (χ4n) is 6.44. The predicted octanol–water partition coefficient (Wildman–Crippen LogP) is 13.7. The second-order valence-electron chi connectivity index (χ2n) is 17.1. The molecule has 0 fully saturated rings. The van der Waals surface area contributed by atoms with Crippen LogP contribution in [0.15, 0.2) is 36.5 Å². The van der Waals surface area contributed by atoms with Crippen molar-refractivity contribution in [2.75, 3.05) is 47.5 Å². The molecule has 0 aromatic carbocycles. The van der Waals surface area contributed by atoms with E-state index in [0.717, 1.165) is 44.9 Å². The SMILES string of the molecule is CCCCCCCC/C=C\C/C=C\C/C=C\CCCC(=O)O[C@H](COC(=O)CCCCCCCCCCCCCCCCCCC)COP(=O)(O)OCC[N+](C)(C)C. The zero-order chi connectivity index (χ0) is 42.8. The summed E-state index contributed by atoms with van der Waals surface area (Å²) < 4.78 is 34.3.